The highest BCUT2D eigenvalue weighted by Crippen LogP contribution is 2.21. The van der Waals surface area contributed by atoms with Gasteiger partial charge in [0.1, 0.15) is 0 Å². The number of carboxylic acids is 1. The molecule has 1 fully saturated rings. The summed E-state index contributed by atoms with van der Waals surface area (Å²) in [4.78, 5) is 15.3. The maximum absolute atomic E-state index is 10.9. The van der Waals surface area contributed by atoms with Crippen molar-refractivity contribution in [3.63, 3.8) is 0 Å². The number of likely N-dealkylation sites (N-methyl/N-ethyl adjacent to an activating group) is 1. The first kappa shape index (κ1) is 15.8. The summed E-state index contributed by atoms with van der Waals surface area (Å²) in [6.07, 6.45) is 0.258. The maximum Gasteiger partial charge on any atom is 0.305 e. The number of aliphatic carboxylic acids is 1. The van der Waals surface area contributed by atoms with Crippen LogP contribution in [0.4, 0.5) is 5.69 Å². The molecule has 1 aromatic carbocycles. The van der Waals surface area contributed by atoms with Crippen molar-refractivity contribution in [3.05, 3.63) is 29.8 Å². The highest BCUT2D eigenvalue weighted by Gasteiger charge is 2.22. The molecule has 1 heterocycles. The third-order valence-electron chi connectivity index (χ3n) is 3.82. The van der Waals surface area contributed by atoms with Crippen molar-refractivity contribution in [1.82, 2.24) is 4.90 Å². The smallest absolute Gasteiger partial charge is 0.305 e. The molecule has 0 saturated carbocycles. The Morgan fingerprint density at radius 1 is 1.48 bits per heavy atom. The van der Waals surface area contributed by atoms with Crippen LogP contribution < -0.4 is 4.90 Å². The molecule has 1 atom stereocenters. The van der Waals surface area contributed by atoms with E-state index in [4.69, 9.17) is 9.84 Å². The van der Waals surface area contributed by atoms with E-state index in [0.717, 1.165) is 37.5 Å². The van der Waals surface area contributed by atoms with Crippen LogP contribution in [-0.2, 0) is 9.53 Å². The van der Waals surface area contributed by atoms with Crippen LogP contribution in [0.25, 0.3) is 0 Å². The fraction of sp³-hybridized carbons (Fsp3) is 0.562. The van der Waals surface area contributed by atoms with Gasteiger partial charge in [-0.15, -0.1) is 0 Å². The lowest BCUT2D eigenvalue weighted by Crippen LogP contribution is -2.46. The van der Waals surface area contributed by atoms with Gasteiger partial charge in [-0.25, -0.2) is 0 Å². The number of nitrogens with zero attached hydrogens (tertiary/aromatic N) is 2. The van der Waals surface area contributed by atoms with Crippen molar-refractivity contribution >= 4 is 11.7 Å². The predicted octanol–water partition coefficient (Wildman–Crippen LogP) is 1.61. The van der Waals surface area contributed by atoms with Crippen LogP contribution in [0.3, 0.4) is 0 Å². The average Bonchev–Trinajstić information content (AvgIpc) is 2.44. The first-order valence-electron chi connectivity index (χ1n) is 7.39. The largest absolute Gasteiger partial charge is 0.481 e. The Labute approximate surface area is 126 Å². The van der Waals surface area contributed by atoms with Gasteiger partial charge in [0.2, 0.25) is 0 Å². The van der Waals surface area contributed by atoms with Crippen molar-refractivity contribution in [2.45, 2.75) is 19.4 Å². The van der Waals surface area contributed by atoms with Crippen molar-refractivity contribution in [2.75, 3.05) is 44.7 Å². The summed E-state index contributed by atoms with van der Waals surface area (Å²) in [6.45, 7) is 5.86. The fourth-order valence-electron chi connectivity index (χ4n) is 2.68. The first-order valence-corrected chi connectivity index (χ1v) is 7.39. The molecule has 1 aliphatic rings. The molecule has 5 nitrogen and oxygen atoms in total. The van der Waals surface area contributed by atoms with Gasteiger partial charge in [-0.1, -0.05) is 18.2 Å². The monoisotopic (exact) mass is 292 g/mol. The van der Waals surface area contributed by atoms with E-state index in [1.165, 1.54) is 0 Å². The van der Waals surface area contributed by atoms with Gasteiger partial charge in [-0.2, -0.15) is 0 Å². The van der Waals surface area contributed by atoms with Crippen molar-refractivity contribution in [3.8, 4) is 0 Å². The van der Waals surface area contributed by atoms with Gasteiger partial charge in [0, 0.05) is 31.9 Å². The number of aryl methyl sites for hydroxylation is 1. The molecule has 116 valence electrons. The molecule has 5 heteroatoms. The van der Waals surface area contributed by atoms with Crippen LogP contribution in [-0.4, -0.2) is 61.9 Å². The van der Waals surface area contributed by atoms with Gasteiger partial charge in [0.15, 0.2) is 0 Å². The van der Waals surface area contributed by atoms with E-state index >= 15 is 0 Å². The molecule has 1 unspecified atom stereocenters. The molecule has 0 aliphatic carbocycles. The first-order chi connectivity index (χ1) is 10.1. The third-order valence-corrected chi connectivity index (χ3v) is 3.82. The van der Waals surface area contributed by atoms with Crippen LogP contribution in [0.1, 0.15) is 12.0 Å². The lowest BCUT2D eigenvalue weighted by molar-refractivity contribution is -0.136. The number of benzene rings is 1. The van der Waals surface area contributed by atoms with Gasteiger partial charge in [-0.3, -0.25) is 4.79 Å². The summed E-state index contributed by atoms with van der Waals surface area (Å²) in [5.74, 6) is -0.768. The summed E-state index contributed by atoms with van der Waals surface area (Å²) in [6, 6.07) is 8.09. The van der Waals surface area contributed by atoms with E-state index in [-0.39, 0.29) is 12.5 Å². The standard InChI is InChI=1S/C16H24N2O3/c1-13-5-3-4-6-15(13)18(8-7-16(19)20)12-14-11-17(2)9-10-21-14/h3-6,14H,7-12H2,1-2H3,(H,19,20). The van der Waals surface area contributed by atoms with E-state index in [1.807, 2.05) is 18.2 Å². The van der Waals surface area contributed by atoms with E-state index < -0.39 is 5.97 Å². The Bertz CT molecular complexity index is 478. The number of morpholine rings is 1. The number of rotatable bonds is 6. The van der Waals surface area contributed by atoms with Gasteiger partial charge >= 0.3 is 5.97 Å². The van der Waals surface area contributed by atoms with Crippen LogP contribution in [0.15, 0.2) is 24.3 Å². The Morgan fingerprint density at radius 3 is 2.90 bits per heavy atom. The second-order valence-corrected chi connectivity index (χ2v) is 5.63. The maximum atomic E-state index is 10.9. The zero-order valence-electron chi connectivity index (χ0n) is 12.8. The Morgan fingerprint density at radius 2 is 2.24 bits per heavy atom. The molecular formula is C16H24N2O3. The average molecular weight is 292 g/mol. The molecule has 0 amide bonds. The van der Waals surface area contributed by atoms with Crippen LogP contribution in [0, 0.1) is 6.92 Å². The fourth-order valence-corrected chi connectivity index (χ4v) is 2.68. The van der Waals surface area contributed by atoms with Crippen LogP contribution in [0.2, 0.25) is 0 Å². The Hall–Kier alpha value is -1.59. The molecule has 1 aliphatic heterocycles. The van der Waals surface area contributed by atoms with E-state index in [1.54, 1.807) is 0 Å². The summed E-state index contributed by atoms with van der Waals surface area (Å²) < 4.78 is 5.82. The number of hydrogen-bond donors (Lipinski definition) is 1. The molecule has 0 bridgehead atoms. The highest BCUT2D eigenvalue weighted by atomic mass is 16.5. The van der Waals surface area contributed by atoms with E-state index in [9.17, 15) is 4.79 Å². The summed E-state index contributed by atoms with van der Waals surface area (Å²) >= 11 is 0. The molecule has 1 N–H and O–H groups in total. The quantitative estimate of drug-likeness (QED) is 0.863. The van der Waals surface area contributed by atoms with Crippen molar-refractivity contribution < 1.29 is 14.6 Å². The molecular weight excluding hydrogens is 268 g/mol. The molecule has 1 aromatic rings. The highest BCUT2D eigenvalue weighted by molar-refractivity contribution is 5.68. The van der Waals surface area contributed by atoms with Crippen molar-refractivity contribution in [2.24, 2.45) is 0 Å². The number of carbonyl (C=O) groups is 1. The third kappa shape index (κ3) is 4.72. The second kappa shape index (κ2) is 7.43. The lowest BCUT2D eigenvalue weighted by Gasteiger charge is -2.35. The second-order valence-electron chi connectivity index (χ2n) is 5.63. The zero-order valence-corrected chi connectivity index (χ0v) is 12.8. The molecule has 0 radical (unpaired) electrons. The van der Waals surface area contributed by atoms with E-state index in [0.29, 0.717) is 6.54 Å². The van der Waals surface area contributed by atoms with Gasteiger partial charge in [0.25, 0.3) is 0 Å². The molecule has 0 aromatic heterocycles. The number of para-hydroxylation sites is 1. The van der Waals surface area contributed by atoms with E-state index in [2.05, 4.69) is 29.8 Å². The minimum Gasteiger partial charge on any atom is -0.481 e. The molecule has 21 heavy (non-hydrogen) atoms. The number of ether oxygens (including phenoxy) is 1. The van der Waals surface area contributed by atoms with Crippen LogP contribution >= 0.6 is 0 Å². The predicted molar refractivity (Wildman–Crippen MR) is 82.9 cm³/mol. The van der Waals surface area contributed by atoms with Gasteiger partial charge in [0.05, 0.1) is 19.1 Å². The van der Waals surface area contributed by atoms with Crippen LogP contribution in [0.5, 0.6) is 0 Å². The Kier molecular flexibility index (Phi) is 5.59. The zero-order chi connectivity index (χ0) is 15.2. The van der Waals surface area contributed by atoms with Gasteiger partial charge in [-0.05, 0) is 25.6 Å². The SMILES string of the molecule is Cc1ccccc1N(CCC(=O)O)CC1CN(C)CCO1. The normalized spacial score (nSPS) is 19.4. The summed E-state index contributed by atoms with van der Waals surface area (Å²) in [7, 11) is 2.09. The topological polar surface area (TPSA) is 53.0 Å². The van der Waals surface area contributed by atoms with Crippen molar-refractivity contribution in [1.29, 1.82) is 0 Å². The van der Waals surface area contributed by atoms with Gasteiger partial charge < -0.3 is 19.6 Å². The lowest BCUT2D eigenvalue weighted by atomic mass is 10.1. The summed E-state index contributed by atoms with van der Waals surface area (Å²) in [5, 5.41) is 8.96. The number of hydrogen-bond acceptors (Lipinski definition) is 4. The minimum atomic E-state index is -0.768. The molecule has 1 saturated heterocycles. The minimum absolute atomic E-state index is 0.122. The summed E-state index contributed by atoms with van der Waals surface area (Å²) in [5.41, 5.74) is 2.25. The number of anilines is 1. The molecule has 0 spiro atoms. The molecule has 2 rings (SSSR count). The Balaban J connectivity index is 2.08. The number of carboxylic acid groups (broad SMARTS) is 1.